The molecule has 23 nitrogen and oxygen atoms in total. The summed E-state index contributed by atoms with van der Waals surface area (Å²) in [7, 11) is 0. The number of allylic oxidation sites excluding steroid dienone is 2. The van der Waals surface area contributed by atoms with Crippen molar-refractivity contribution in [2.75, 3.05) is 26.4 Å². The summed E-state index contributed by atoms with van der Waals surface area (Å²) in [6, 6.07) is 0. The van der Waals surface area contributed by atoms with Gasteiger partial charge >= 0.3 is 11.9 Å². The average Bonchev–Trinajstić information content (AvgIpc) is 2.37. The van der Waals surface area contributed by atoms with Crippen molar-refractivity contribution >= 4 is 11.9 Å². The summed E-state index contributed by atoms with van der Waals surface area (Å²) in [5, 5.41) is 130. The summed E-state index contributed by atoms with van der Waals surface area (Å²) in [4.78, 5) is 27.1. The molecule has 5 aliphatic carbocycles. The number of ether oxygens (including phenoxy) is 9. The van der Waals surface area contributed by atoms with Gasteiger partial charge in [0.2, 0.25) is 6.29 Å². The molecule has 9 aliphatic rings. The highest BCUT2D eigenvalue weighted by Gasteiger charge is 2.71. The standard InChI is InChI=1S/C55H88O23/c1-24-34(59)37(62)41(66)47(73-24)77-44-30(22-70-25(2)57)75-45(43(68)39(44)64)72-21-29-36(61)38(63)42(67)48(74-29)78-49(69)55-17-15-50(3,4)19-27(55)26-9-10-32-51(5)13-12-33(76-46-40(65)35(60)28(58)20-71-46)52(6,23-56)31(51)11-14-54(32,8)53(26,7)16-18-55/h9,24,27-48,56,58-68H,10-23H2,1-8H3/t24-,27-,28-,29+,30+,31+,32+,33-,34-,35-,36+,37+,38-,39+,40+,41+,42+,43+,44+,45+,46+,47-,48-,51-,52-,53+,54+,55-/m0/s1. The van der Waals surface area contributed by atoms with Crippen LogP contribution in [0.5, 0.6) is 0 Å². The fourth-order valence-electron chi connectivity index (χ4n) is 16.3. The monoisotopic (exact) mass is 1120 g/mol. The summed E-state index contributed by atoms with van der Waals surface area (Å²) < 4.78 is 52.6. The molecule has 0 unspecified atom stereocenters. The number of esters is 2. The van der Waals surface area contributed by atoms with Crippen molar-refractivity contribution in [3.63, 3.8) is 0 Å². The minimum Gasteiger partial charge on any atom is -0.463 e. The first-order valence-electron chi connectivity index (χ1n) is 28.1. The van der Waals surface area contributed by atoms with E-state index in [-0.39, 0.29) is 52.6 Å². The lowest BCUT2D eigenvalue weighted by molar-refractivity contribution is -0.361. The molecule has 0 aromatic rings. The number of carbonyl (C=O) groups excluding carboxylic acids is 2. The molecule has 8 fully saturated rings. The van der Waals surface area contributed by atoms with Crippen LogP contribution < -0.4 is 0 Å². The third-order valence-corrected chi connectivity index (χ3v) is 21.4. The average molecular weight is 1120 g/mol. The molecule has 0 radical (unpaired) electrons. The molecule has 4 aliphatic heterocycles. The molecule has 0 bridgehead atoms. The molecule has 4 heterocycles. The van der Waals surface area contributed by atoms with Gasteiger partial charge in [-0.25, -0.2) is 0 Å². The largest absolute Gasteiger partial charge is 0.463 e. The van der Waals surface area contributed by atoms with Crippen LogP contribution in [0, 0.1) is 50.2 Å². The molecule has 23 heteroatoms. The Kier molecular flexibility index (Phi) is 17.2. The first-order valence-corrected chi connectivity index (χ1v) is 28.1. The smallest absolute Gasteiger partial charge is 0.315 e. The van der Waals surface area contributed by atoms with E-state index >= 15 is 4.79 Å². The fourth-order valence-corrected chi connectivity index (χ4v) is 16.3. The summed E-state index contributed by atoms with van der Waals surface area (Å²) in [6.07, 6.45) is -21.7. The lowest BCUT2D eigenvalue weighted by atomic mass is 9.33. The fraction of sp³-hybridized carbons (Fsp3) is 0.927. The summed E-state index contributed by atoms with van der Waals surface area (Å²) in [5.74, 6) is -1.39. The molecule has 0 aromatic heterocycles. The van der Waals surface area contributed by atoms with Gasteiger partial charge in [0.25, 0.3) is 0 Å². The van der Waals surface area contributed by atoms with Crippen LogP contribution in [-0.2, 0) is 52.2 Å². The predicted molar refractivity (Wildman–Crippen MR) is 266 cm³/mol. The van der Waals surface area contributed by atoms with Gasteiger partial charge in [-0.2, -0.15) is 0 Å². The Morgan fingerprint density at radius 3 is 1.97 bits per heavy atom. The molecule has 0 spiro atoms. The van der Waals surface area contributed by atoms with E-state index < -0.39 is 159 Å². The van der Waals surface area contributed by atoms with Gasteiger partial charge in [-0.3, -0.25) is 9.59 Å². The molecule has 12 N–H and O–H groups in total. The van der Waals surface area contributed by atoms with E-state index in [1.165, 1.54) is 12.5 Å². The molecule has 78 heavy (non-hydrogen) atoms. The van der Waals surface area contributed by atoms with Gasteiger partial charge in [0.15, 0.2) is 18.9 Å². The molecule has 0 amide bonds. The number of carbonyl (C=O) groups is 2. The molecule has 9 rings (SSSR count). The van der Waals surface area contributed by atoms with Crippen molar-refractivity contribution in [2.24, 2.45) is 50.2 Å². The SMILES string of the molecule is CC(=O)OC[C@H]1O[C@@H](OC[C@H]2O[C@@H](OC(=O)[C@]34CCC(C)(C)C[C@H]3C3=CC[C@@H]5[C@@]6(C)CC[C@H](O[C@H]7OC[C@H](O)[C@H](O)[C@H]7O)[C@@](C)(CO)[C@@H]6CC[C@@]5(C)[C@]3(C)CC4)[C@H](O)[C@@H](O)[C@@H]2O)[C@H](O)[C@@H](O)[C@@H]1O[C@@H]1O[C@@H](C)[C@H](O)[C@@H](O)[C@H]1O. The Labute approximate surface area is 455 Å². The normalized spacial score (nSPS) is 53.1. The van der Waals surface area contributed by atoms with Gasteiger partial charge in [-0.1, -0.05) is 53.2 Å². The van der Waals surface area contributed by atoms with E-state index in [1.54, 1.807) is 0 Å². The van der Waals surface area contributed by atoms with Crippen LogP contribution in [0.15, 0.2) is 11.6 Å². The molecule has 446 valence electrons. The minimum atomic E-state index is -1.91. The van der Waals surface area contributed by atoms with Crippen molar-refractivity contribution < 1.29 is 113 Å². The maximum atomic E-state index is 15.2. The maximum Gasteiger partial charge on any atom is 0.315 e. The van der Waals surface area contributed by atoms with Gasteiger partial charge in [-0.05, 0) is 111 Å². The highest BCUT2D eigenvalue weighted by molar-refractivity contribution is 5.79. The Morgan fingerprint density at radius 1 is 0.641 bits per heavy atom. The van der Waals surface area contributed by atoms with Crippen molar-refractivity contribution in [1.82, 2.24) is 0 Å². The Bertz CT molecular complexity index is 2180. The van der Waals surface area contributed by atoms with Crippen LogP contribution in [0.25, 0.3) is 0 Å². The maximum absolute atomic E-state index is 15.2. The van der Waals surface area contributed by atoms with E-state index in [2.05, 4.69) is 40.7 Å². The Hall–Kier alpha value is -2.08. The van der Waals surface area contributed by atoms with E-state index in [0.717, 1.165) is 32.6 Å². The zero-order valence-electron chi connectivity index (χ0n) is 46.1. The summed E-state index contributed by atoms with van der Waals surface area (Å²) >= 11 is 0. The highest BCUT2D eigenvalue weighted by atomic mass is 16.8. The number of rotatable bonds is 12. The van der Waals surface area contributed by atoms with Crippen molar-refractivity contribution in [2.45, 2.75) is 242 Å². The van der Waals surface area contributed by atoms with Crippen molar-refractivity contribution in [3.05, 3.63) is 11.6 Å². The zero-order chi connectivity index (χ0) is 57.0. The lowest BCUT2D eigenvalue weighted by Crippen LogP contribution is -2.67. The number of hydrogen-bond donors (Lipinski definition) is 12. The van der Waals surface area contributed by atoms with Crippen molar-refractivity contribution in [1.29, 1.82) is 0 Å². The minimum absolute atomic E-state index is 0.0243. The first kappa shape index (κ1) is 60.5. The third-order valence-electron chi connectivity index (χ3n) is 21.4. The molecular weight excluding hydrogens is 1030 g/mol. The predicted octanol–water partition coefficient (Wildman–Crippen LogP) is -0.825. The quantitative estimate of drug-likeness (QED) is 0.0645. The second-order valence-electron chi connectivity index (χ2n) is 26.3. The van der Waals surface area contributed by atoms with E-state index in [0.29, 0.717) is 38.5 Å². The Balaban J connectivity index is 0.905. The topological polar surface area (TPSA) is 360 Å². The van der Waals surface area contributed by atoms with Crippen molar-refractivity contribution in [3.8, 4) is 0 Å². The van der Waals surface area contributed by atoms with E-state index in [9.17, 15) is 66.1 Å². The first-order chi connectivity index (χ1) is 36.5. The van der Waals surface area contributed by atoms with Gasteiger partial charge in [0, 0.05) is 12.3 Å². The van der Waals surface area contributed by atoms with Crippen LogP contribution >= 0.6 is 0 Å². The van der Waals surface area contributed by atoms with Crippen LogP contribution in [0.2, 0.25) is 0 Å². The highest BCUT2D eigenvalue weighted by Crippen LogP contribution is 2.76. The van der Waals surface area contributed by atoms with E-state index in [1.807, 2.05) is 6.92 Å². The summed E-state index contributed by atoms with van der Waals surface area (Å²) in [6.45, 7) is 14.5. The Morgan fingerprint density at radius 2 is 1.28 bits per heavy atom. The summed E-state index contributed by atoms with van der Waals surface area (Å²) in [5.41, 5.74) is -1.54. The number of fused-ring (bicyclic) bond motifs is 7. The molecule has 28 atom stereocenters. The van der Waals surface area contributed by atoms with Crippen LogP contribution in [0.1, 0.15) is 120 Å². The number of aliphatic hydroxyl groups is 12. The van der Waals surface area contributed by atoms with Gasteiger partial charge < -0.3 is 104 Å². The second-order valence-corrected chi connectivity index (χ2v) is 26.3. The van der Waals surface area contributed by atoms with Gasteiger partial charge in [-0.15, -0.1) is 0 Å². The van der Waals surface area contributed by atoms with Gasteiger partial charge in [0.05, 0.1) is 37.4 Å². The number of hydrogen-bond acceptors (Lipinski definition) is 23. The third kappa shape index (κ3) is 10.1. The molecular formula is C55H88O23. The van der Waals surface area contributed by atoms with Crippen LogP contribution in [0.4, 0.5) is 0 Å². The molecule has 0 aromatic carbocycles. The van der Waals surface area contributed by atoms with Crippen LogP contribution in [0.3, 0.4) is 0 Å². The molecule has 4 saturated carbocycles. The molecule has 4 saturated heterocycles. The second kappa shape index (κ2) is 22.2. The lowest BCUT2D eigenvalue weighted by Gasteiger charge is -2.71. The van der Waals surface area contributed by atoms with E-state index in [4.69, 9.17) is 42.6 Å². The van der Waals surface area contributed by atoms with Crippen LogP contribution in [-0.4, -0.2) is 222 Å². The van der Waals surface area contributed by atoms with Gasteiger partial charge in [0.1, 0.15) is 92.1 Å². The zero-order valence-corrected chi connectivity index (χ0v) is 46.1. The number of aliphatic hydroxyl groups excluding tert-OH is 12.